The van der Waals surface area contributed by atoms with E-state index in [1.807, 2.05) is 12.1 Å². The van der Waals surface area contributed by atoms with E-state index in [0.29, 0.717) is 62.0 Å². The van der Waals surface area contributed by atoms with Gasteiger partial charge in [0.05, 0.1) is 52.3 Å². The van der Waals surface area contributed by atoms with Gasteiger partial charge >= 0.3 is 0 Å². The molecule has 0 unspecified atom stereocenters. The zero-order valence-electron chi connectivity index (χ0n) is 19.5. The SMILES string of the molecule is COc1ccc2c(C(=O)c3cc(OC)c(OC)c(OC)c3)c(-c3ccc(OC)c(O)c3)[nH]c2c1. The van der Waals surface area contributed by atoms with Gasteiger partial charge in [-0.15, -0.1) is 0 Å². The molecule has 0 saturated carbocycles. The largest absolute Gasteiger partial charge is 0.504 e. The van der Waals surface area contributed by atoms with Crippen LogP contribution in [-0.2, 0) is 0 Å². The predicted octanol–water partition coefficient (Wildman–Crippen LogP) is 4.81. The minimum atomic E-state index is -0.263. The lowest BCUT2D eigenvalue weighted by molar-refractivity contribution is 0.104. The molecule has 2 N–H and O–H groups in total. The van der Waals surface area contributed by atoms with E-state index < -0.39 is 0 Å². The van der Waals surface area contributed by atoms with Crippen LogP contribution in [0.5, 0.6) is 34.5 Å². The Labute approximate surface area is 196 Å². The third-order valence-corrected chi connectivity index (χ3v) is 5.63. The van der Waals surface area contributed by atoms with Gasteiger partial charge in [-0.1, -0.05) is 0 Å². The number of benzene rings is 3. The smallest absolute Gasteiger partial charge is 0.203 e. The van der Waals surface area contributed by atoms with E-state index in [2.05, 4.69) is 4.98 Å². The quantitative estimate of drug-likeness (QED) is 0.362. The Morgan fingerprint density at radius 3 is 2.00 bits per heavy atom. The Hall–Kier alpha value is -4.33. The van der Waals surface area contributed by atoms with Crippen molar-refractivity contribution in [2.45, 2.75) is 0 Å². The molecule has 0 atom stereocenters. The first-order chi connectivity index (χ1) is 16.4. The summed E-state index contributed by atoms with van der Waals surface area (Å²) in [5.41, 5.74) is 2.64. The zero-order valence-corrected chi connectivity index (χ0v) is 19.5. The average molecular weight is 463 g/mol. The van der Waals surface area contributed by atoms with Crippen LogP contribution in [-0.4, -0.2) is 51.4 Å². The first kappa shape index (κ1) is 22.8. The molecule has 176 valence electrons. The molecule has 0 amide bonds. The number of rotatable bonds is 8. The van der Waals surface area contributed by atoms with Crippen LogP contribution in [0.3, 0.4) is 0 Å². The molecule has 0 aliphatic rings. The van der Waals surface area contributed by atoms with Crippen LogP contribution in [0.2, 0.25) is 0 Å². The Kier molecular flexibility index (Phi) is 6.23. The van der Waals surface area contributed by atoms with E-state index in [0.717, 1.165) is 0 Å². The van der Waals surface area contributed by atoms with Gasteiger partial charge in [0.15, 0.2) is 28.8 Å². The van der Waals surface area contributed by atoms with Gasteiger partial charge in [0.25, 0.3) is 0 Å². The lowest BCUT2D eigenvalue weighted by Gasteiger charge is -2.14. The van der Waals surface area contributed by atoms with Crippen molar-refractivity contribution in [2.75, 3.05) is 35.5 Å². The molecule has 0 aliphatic heterocycles. The molecular formula is C26H25NO7. The highest BCUT2D eigenvalue weighted by Gasteiger charge is 2.25. The highest BCUT2D eigenvalue weighted by Crippen LogP contribution is 2.41. The summed E-state index contributed by atoms with van der Waals surface area (Å²) in [5.74, 6) is 1.81. The zero-order chi connectivity index (χ0) is 24.4. The van der Waals surface area contributed by atoms with Crippen molar-refractivity contribution in [3.63, 3.8) is 0 Å². The van der Waals surface area contributed by atoms with E-state index in [-0.39, 0.29) is 11.5 Å². The lowest BCUT2D eigenvalue weighted by atomic mass is 9.96. The normalized spacial score (nSPS) is 10.7. The number of ether oxygens (including phenoxy) is 5. The first-order valence-corrected chi connectivity index (χ1v) is 10.4. The molecule has 0 fully saturated rings. The number of hydrogen-bond acceptors (Lipinski definition) is 7. The molecule has 0 bridgehead atoms. The van der Waals surface area contributed by atoms with Gasteiger partial charge in [0.2, 0.25) is 5.75 Å². The molecule has 1 heterocycles. The summed E-state index contributed by atoms with van der Waals surface area (Å²) >= 11 is 0. The minimum absolute atomic E-state index is 0.0394. The second kappa shape index (κ2) is 9.27. The maximum absolute atomic E-state index is 13.9. The van der Waals surface area contributed by atoms with Gasteiger partial charge in [0, 0.05) is 22.6 Å². The molecule has 4 aromatic rings. The summed E-state index contributed by atoms with van der Waals surface area (Å²) in [7, 11) is 7.55. The fraction of sp³-hybridized carbons (Fsp3) is 0.192. The lowest BCUT2D eigenvalue weighted by Crippen LogP contribution is -2.05. The van der Waals surface area contributed by atoms with Gasteiger partial charge in [0.1, 0.15) is 5.75 Å². The summed E-state index contributed by atoms with van der Waals surface area (Å²) < 4.78 is 26.8. The summed E-state index contributed by atoms with van der Waals surface area (Å²) in [6, 6.07) is 13.6. The van der Waals surface area contributed by atoms with Crippen LogP contribution >= 0.6 is 0 Å². The van der Waals surface area contributed by atoms with Crippen LogP contribution < -0.4 is 23.7 Å². The fourth-order valence-electron chi connectivity index (χ4n) is 3.96. The average Bonchev–Trinajstić information content (AvgIpc) is 3.25. The number of aromatic nitrogens is 1. The summed E-state index contributed by atoms with van der Waals surface area (Å²) in [6.45, 7) is 0. The standard InChI is InChI=1S/C26H25NO7/c1-30-16-7-8-17-18(13-16)27-24(14-6-9-20(31-2)19(28)10-14)23(17)25(29)15-11-21(32-3)26(34-5)22(12-15)33-4/h6-13,27-28H,1-5H3. The van der Waals surface area contributed by atoms with Gasteiger partial charge in [-0.05, 0) is 42.5 Å². The van der Waals surface area contributed by atoms with Crippen LogP contribution in [0.1, 0.15) is 15.9 Å². The Bertz CT molecular complexity index is 1350. The first-order valence-electron chi connectivity index (χ1n) is 10.4. The maximum Gasteiger partial charge on any atom is 0.203 e. The number of carbonyl (C=O) groups is 1. The molecule has 3 aromatic carbocycles. The van der Waals surface area contributed by atoms with E-state index in [4.69, 9.17) is 23.7 Å². The molecule has 4 rings (SSSR count). The van der Waals surface area contributed by atoms with Crippen LogP contribution in [0.15, 0.2) is 48.5 Å². The van der Waals surface area contributed by atoms with Crippen LogP contribution in [0.4, 0.5) is 0 Å². The molecular weight excluding hydrogens is 438 g/mol. The van der Waals surface area contributed by atoms with Crippen molar-refractivity contribution in [3.8, 4) is 45.8 Å². The molecule has 8 heteroatoms. The monoisotopic (exact) mass is 463 g/mol. The topological polar surface area (TPSA) is 99.2 Å². The second-order valence-corrected chi connectivity index (χ2v) is 7.42. The van der Waals surface area contributed by atoms with Gasteiger partial charge in [-0.2, -0.15) is 0 Å². The third kappa shape index (κ3) is 3.83. The number of aromatic amines is 1. The van der Waals surface area contributed by atoms with E-state index in [1.54, 1.807) is 43.5 Å². The summed E-state index contributed by atoms with van der Waals surface area (Å²) in [6.07, 6.45) is 0. The van der Waals surface area contributed by atoms with Gasteiger partial charge in [-0.3, -0.25) is 4.79 Å². The van der Waals surface area contributed by atoms with Gasteiger partial charge in [-0.25, -0.2) is 0 Å². The molecule has 0 radical (unpaired) electrons. The number of nitrogens with one attached hydrogen (secondary N) is 1. The minimum Gasteiger partial charge on any atom is -0.504 e. The maximum atomic E-state index is 13.9. The number of phenolic OH excluding ortho intramolecular Hbond substituents is 1. The Balaban J connectivity index is 1.97. The highest BCUT2D eigenvalue weighted by atomic mass is 16.5. The predicted molar refractivity (Wildman–Crippen MR) is 128 cm³/mol. The van der Waals surface area contributed by atoms with Crippen molar-refractivity contribution in [3.05, 3.63) is 59.7 Å². The summed E-state index contributed by atoms with van der Waals surface area (Å²) in [5, 5.41) is 11.1. The Morgan fingerprint density at radius 2 is 1.44 bits per heavy atom. The number of phenols is 1. The van der Waals surface area contributed by atoms with Crippen molar-refractivity contribution >= 4 is 16.7 Å². The number of H-pyrrole nitrogens is 1. The number of ketones is 1. The van der Waals surface area contributed by atoms with Crippen molar-refractivity contribution in [1.29, 1.82) is 0 Å². The van der Waals surface area contributed by atoms with Crippen molar-refractivity contribution in [1.82, 2.24) is 4.98 Å². The molecule has 0 aliphatic carbocycles. The Morgan fingerprint density at radius 1 is 0.765 bits per heavy atom. The number of aromatic hydroxyl groups is 1. The second-order valence-electron chi connectivity index (χ2n) is 7.42. The third-order valence-electron chi connectivity index (χ3n) is 5.63. The van der Waals surface area contributed by atoms with E-state index >= 15 is 0 Å². The van der Waals surface area contributed by atoms with Crippen molar-refractivity contribution in [2.24, 2.45) is 0 Å². The van der Waals surface area contributed by atoms with Crippen LogP contribution in [0.25, 0.3) is 22.2 Å². The number of fused-ring (bicyclic) bond motifs is 1. The van der Waals surface area contributed by atoms with Crippen molar-refractivity contribution < 1.29 is 33.6 Å². The molecule has 0 spiro atoms. The fourth-order valence-corrected chi connectivity index (χ4v) is 3.96. The molecule has 0 saturated heterocycles. The molecule has 1 aromatic heterocycles. The molecule has 34 heavy (non-hydrogen) atoms. The summed E-state index contributed by atoms with van der Waals surface area (Å²) in [4.78, 5) is 17.2. The van der Waals surface area contributed by atoms with Gasteiger partial charge < -0.3 is 33.8 Å². The van der Waals surface area contributed by atoms with E-state index in [1.165, 1.54) is 28.4 Å². The number of methoxy groups -OCH3 is 5. The van der Waals surface area contributed by atoms with E-state index in [9.17, 15) is 9.90 Å². The number of carbonyl (C=O) groups excluding carboxylic acids is 1. The highest BCUT2D eigenvalue weighted by molar-refractivity contribution is 6.20. The molecule has 8 nitrogen and oxygen atoms in total. The van der Waals surface area contributed by atoms with Crippen LogP contribution in [0, 0.1) is 0 Å². The number of hydrogen-bond donors (Lipinski definition) is 2.